The van der Waals surface area contributed by atoms with Gasteiger partial charge in [0.1, 0.15) is 24.7 Å². The number of carbonyl (C=O) groups excluding carboxylic acids is 1. The smallest absolute Gasteiger partial charge is 0.323 e. The second kappa shape index (κ2) is 8.30. The zero-order valence-corrected chi connectivity index (χ0v) is 14.1. The van der Waals surface area contributed by atoms with Crippen molar-refractivity contribution in [3.63, 3.8) is 0 Å². The van der Waals surface area contributed by atoms with Gasteiger partial charge in [0.15, 0.2) is 0 Å². The minimum absolute atomic E-state index is 0.159. The van der Waals surface area contributed by atoms with Crippen LogP contribution in [-0.4, -0.2) is 59.8 Å². The lowest BCUT2D eigenvalue weighted by atomic mass is 10.2. The van der Waals surface area contributed by atoms with E-state index in [0.717, 1.165) is 0 Å². The maximum atomic E-state index is 12.9. The van der Waals surface area contributed by atoms with Crippen LogP contribution < -0.4 is 10.1 Å². The third-order valence-corrected chi connectivity index (χ3v) is 3.78. The fraction of sp³-hybridized carbons (Fsp3) is 0.278. The van der Waals surface area contributed by atoms with E-state index in [0.29, 0.717) is 30.5 Å². The molecule has 8 nitrogen and oxygen atoms in total. The first kappa shape index (κ1) is 17.7. The average molecular weight is 357 g/mol. The van der Waals surface area contributed by atoms with E-state index in [1.807, 2.05) is 24.3 Å². The molecule has 0 aliphatic carbocycles. The maximum absolute atomic E-state index is 12.9. The fourth-order valence-electron chi connectivity index (χ4n) is 2.57. The van der Waals surface area contributed by atoms with Gasteiger partial charge in [-0.05, 0) is 24.3 Å². The Morgan fingerprint density at radius 3 is 2.88 bits per heavy atom. The highest BCUT2D eigenvalue weighted by molar-refractivity contribution is 6.00. The molecular weight excluding hydrogens is 338 g/mol. The molecule has 1 aliphatic rings. The fourth-order valence-corrected chi connectivity index (χ4v) is 2.57. The van der Waals surface area contributed by atoms with Gasteiger partial charge in [-0.15, -0.1) is 0 Å². The second-order valence-corrected chi connectivity index (χ2v) is 5.60. The predicted octanol–water partition coefficient (Wildman–Crippen LogP) is 1.76. The molecule has 1 aromatic carbocycles. The summed E-state index contributed by atoms with van der Waals surface area (Å²) in [6, 6.07) is 10.5. The monoisotopic (exact) mass is 357 g/mol. The second-order valence-electron chi connectivity index (χ2n) is 5.60. The summed E-state index contributed by atoms with van der Waals surface area (Å²) in [5.74, 6) is -0.565. The predicted molar refractivity (Wildman–Crippen MR) is 93.8 cm³/mol. The molecular formula is C18H19N3O5. The first-order valence-electron chi connectivity index (χ1n) is 8.18. The highest BCUT2D eigenvalue weighted by Crippen LogP contribution is 2.28. The van der Waals surface area contributed by atoms with E-state index in [2.05, 4.69) is 10.3 Å². The number of carboxylic acid groups (broad SMARTS) is 1. The van der Waals surface area contributed by atoms with Crippen LogP contribution >= 0.6 is 0 Å². The molecule has 0 unspecified atom stereocenters. The molecule has 0 saturated heterocycles. The van der Waals surface area contributed by atoms with Crippen LogP contribution in [-0.2, 0) is 9.53 Å². The van der Waals surface area contributed by atoms with Crippen LogP contribution in [0.4, 0.5) is 11.5 Å². The van der Waals surface area contributed by atoms with Crippen LogP contribution in [0.3, 0.4) is 0 Å². The minimum atomic E-state index is -1.09. The van der Waals surface area contributed by atoms with E-state index in [4.69, 9.17) is 14.6 Å². The number of hydrogen-bond acceptors (Lipinski definition) is 6. The number of aromatic nitrogens is 1. The van der Waals surface area contributed by atoms with Crippen molar-refractivity contribution in [3.8, 4) is 5.75 Å². The number of nitrogens with zero attached hydrogens (tertiary/aromatic N) is 2. The first-order valence-corrected chi connectivity index (χ1v) is 8.18. The van der Waals surface area contributed by atoms with Crippen LogP contribution in [0.15, 0.2) is 42.6 Å². The van der Waals surface area contributed by atoms with Crippen molar-refractivity contribution < 1.29 is 24.2 Å². The van der Waals surface area contributed by atoms with Crippen LogP contribution in [0, 0.1) is 0 Å². The Labute approximate surface area is 150 Å². The molecule has 2 aromatic rings. The zero-order chi connectivity index (χ0) is 18.4. The van der Waals surface area contributed by atoms with Gasteiger partial charge in [-0.25, -0.2) is 4.98 Å². The number of nitrogens with one attached hydrogen (secondary N) is 1. The number of hydrogen-bond donors (Lipinski definition) is 2. The van der Waals surface area contributed by atoms with E-state index in [1.54, 1.807) is 18.3 Å². The Bertz CT molecular complexity index is 796. The van der Waals surface area contributed by atoms with E-state index < -0.39 is 18.4 Å². The number of benzene rings is 1. The van der Waals surface area contributed by atoms with Gasteiger partial charge in [-0.3, -0.25) is 9.59 Å². The highest BCUT2D eigenvalue weighted by atomic mass is 16.5. The SMILES string of the molecule is O=C(O)CN1CCOCCOc2ccccc2Nc2ncccc2C1=O. The normalized spacial score (nSPS) is 15.2. The third-order valence-electron chi connectivity index (χ3n) is 3.78. The summed E-state index contributed by atoms with van der Waals surface area (Å²) in [5.41, 5.74) is 0.937. The molecule has 0 radical (unpaired) electrons. The molecule has 0 fully saturated rings. The molecule has 1 aromatic heterocycles. The quantitative estimate of drug-likeness (QED) is 0.844. The highest BCUT2D eigenvalue weighted by Gasteiger charge is 2.22. The number of fused-ring (bicyclic) bond motifs is 2. The topological polar surface area (TPSA) is 101 Å². The van der Waals surface area contributed by atoms with Gasteiger partial charge >= 0.3 is 5.97 Å². The van der Waals surface area contributed by atoms with E-state index >= 15 is 0 Å². The summed E-state index contributed by atoms with van der Waals surface area (Å²) in [6.07, 6.45) is 1.56. The molecule has 0 saturated carbocycles. The van der Waals surface area contributed by atoms with Crippen molar-refractivity contribution in [2.45, 2.75) is 0 Å². The maximum Gasteiger partial charge on any atom is 0.323 e. The molecule has 2 N–H and O–H groups in total. The van der Waals surface area contributed by atoms with Crippen LogP contribution in [0.2, 0.25) is 0 Å². The number of amides is 1. The van der Waals surface area contributed by atoms with Gasteiger partial charge in [0, 0.05) is 12.7 Å². The number of ether oxygens (including phenoxy) is 2. The number of aliphatic carboxylic acids is 1. The van der Waals surface area contributed by atoms with Gasteiger partial charge < -0.3 is 24.8 Å². The average Bonchev–Trinajstić information content (AvgIpc) is 2.64. The van der Waals surface area contributed by atoms with Gasteiger partial charge in [0.25, 0.3) is 5.91 Å². The van der Waals surface area contributed by atoms with Gasteiger partial charge in [-0.1, -0.05) is 12.1 Å². The largest absolute Gasteiger partial charge is 0.489 e. The van der Waals surface area contributed by atoms with E-state index in [-0.39, 0.29) is 18.7 Å². The summed E-state index contributed by atoms with van der Waals surface area (Å²) in [4.78, 5) is 29.5. The molecule has 3 rings (SSSR count). The lowest BCUT2D eigenvalue weighted by Crippen LogP contribution is -2.38. The summed E-state index contributed by atoms with van der Waals surface area (Å²) in [6.45, 7) is 0.623. The van der Waals surface area contributed by atoms with Crippen molar-refractivity contribution in [2.75, 3.05) is 38.2 Å². The molecule has 1 aliphatic heterocycles. The number of carbonyl (C=O) groups is 2. The molecule has 136 valence electrons. The van der Waals surface area contributed by atoms with Crippen LogP contribution in [0.5, 0.6) is 5.75 Å². The van der Waals surface area contributed by atoms with Crippen molar-refractivity contribution >= 4 is 23.4 Å². The Balaban J connectivity index is 1.98. The van der Waals surface area contributed by atoms with Crippen molar-refractivity contribution in [3.05, 3.63) is 48.2 Å². The molecule has 26 heavy (non-hydrogen) atoms. The number of rotatable bonds is 2. The molecule has 0 atom stereocenters. The minimum Gasteiger partial charge on any atom is -0.489 e. The Morgan fingerprint density at radius 2 is 2.04 bits per heavy atom. The first-order chi connectivity index (χ1) is 12.6. The van der Waals surface area contributed by atoms with Crippen molar-refractivity contribution in [1.82, 2.24) is 9.88 Å². The molecule has 8 heteroatoms. The Hall–Kier alpha value is -3.13. The van der Waals surface area contributed by atoms with Crippen molar-refractivity contribution in [2.24, 2.45) is 0 Å². The molecule has 0 bridgehead atoms. The van der Waals surface area contributed by atoms with Crippen LogP contribution in [0.25, 0.3) is 0 Å². The molecule has 1 amide bonds. The van der Waals surface area contributed by atoms with Crippen LogP contribution in [0.1, 0.15) is 10.4 Å². The standard InChI is InChI=1S/C18H19N3O5/c22-16(23)12-21-8-9-25-10-11-26-15-6-2-1-5-14(15)20-17-13(18(21)24)4-3-7-19-17/h1-7H,8-12H2,(H,19,20)(H,22,23). The van der Waals surface area contributed by atoms with E-state index in [1.165, 1.54) is 4.90 Å². The summed E-state index contributed by atoms with van der Waals surface area (Å²) < 4.78 is 11.2. The lowest BCUT2D eigenvalue weighted by molar-refractivity contribution is -0.137. The summed E-state index contributed by atoms with van der Waals surface area (Å²) >= 11 is 0. The summed E-state index contributed by atoms with van der Waals surface area (Å²) in [7, 11) is 0. The number of para-hydroxylation sites is 2. The Kier molecular flexibility index (Phi) is 5.65. The van der Waals surface area contributed by atoms with E-state index in [9.17, 15) is 9.59 Å². The van der Waals surface area contributed by atoms with Gasteiger partial charge in [0.2, 0.25) is 0 Å². The number of anilines is 2. The number of carboxylic acids is 1. The van der Waals surface area contributed by atoms with Crippen molar-refractivity contribution in [1.29, 1.82) is 0 Å². The molecule has 0 spiro atoms. The van der Waals surface area contributed by atoms with Gasteiger partial charge in [-0.2, -0.15) is 0 Å². The summed E-state index contributed by atoms with van der Waals surface area (Å²) in [5, 5.41) is 12.2. The lowest BCUT2D eigenvalue weighted by Gasteiger charge is -2.21. The van der Waals surface area contributed by atoms with Gasteiger partial charge in [0.05, 0.1) is 24.5 Å². The Morgan fingerprint density at radius 1 is 1.19 bits per heavy atom. The zero-order valence-electron chi connectivity index (χ0n) is 14.1. The molecule has 2 heterocycles. The third kappa shape index (κ3) is 4.28. The number of pyridine rings is 1.